The van der Waals surface area contributed by atoms with Gasteiger partial charge in [-0.05, 0) is 25.4 Å². The van der Waals surface area contributed by atoms with Crippen LogP contribution in [-0.2, 0) is 11.2 Å². The first-order valence-corrected chi connectivity index (χ1v) is 5.95. The third-order valence-electron chi connectivity index (χ3n) is 2.46. The Morgan fingerprint density at radius 1 is 1.67 bits per heavy atom. The van der Waals surface area contributed by atoms with Crippen LogP contribution in [0.1, 0.15) is 11.8 Å². The SMILES string of the molecule is CNCC(=O)N(C)C(C)Cc1cccs1. The summed E-state index contributed by atoms with van der Waals surface area (Å²) in [6, 6.07) is 4.41. The third kappa shape index (κ3) is 3.64. The largest absolute Gasteiger partial charge is 0.342 e. The lowest BCUT2D eigenvalue weighted by molar-refractivity contribution is -0.130. The molecule has 0 aliphatic carbocycles. The van der Waals surface area contributed by atoms with Crippen LogP contribution in [0.15, 0.2) is 17.5 Å². The lowest BCUT2D eigenvalue weighted by Crippen LogP contribution is -2.40. The minimum absolute atomic E-state index is 0.140. The summed E-state index contributed by atoms with van der Waals surface area (Å²) in [4.78, 5) is 14.7. The van der Waals surface area contributed by atoms with Crippen LogP contribution >= 0.6 is 11.3 Å². The second-order valence-corrected chi connectivity index (χ2v) is 4.70. The molecule has 3 nitrogen and oxygen atoms in total. The average molecular weight is 226 g/mol. The molecule has 0 saturated heterocycles. The number of carbonyl (C=O) groups is 1. The number of amides is 1. The van der Waals surface area contributed by atoms with Gasteiger partial charge in [0.2, 0.25) is 5.91 Å². The second kappa shape index (κ2) is 5.88. The molecular weight excluding hydrogens is 208 g/mol. The maximum atomic E-state index is 11.6. The number of carbonyl (C=O) groups excluding carboxylic acids is 1. The number of thiophene rings is 1. The van der Waals surface area contributed by atoms with Crippen LogP contribution in [0.5, 0.6) is 0 Å². The quantitative estimate of drug-likeness (QED) is 0.822. The molecule has 0 radical (unpaired) electrons. The van der Waals surface area contributed by atoms with Crippen molar-refractivity contribution in [2.45, 2.75) is 19.4 Å². The Kier molecular flexibility index (Phi) is 4.78. The first-order chi connectivity index (χ1) is 7.15. The highest BCUT2D eigenvalue weighted by Crippen LogP contribution is 2.13. The highest BCUT2D eigenvalue weighted by molar-refractivity contribution is 7.09. The van der Waals surface area contributed by atoms with E-state index in [0.717, 1.165) is 6.42 Å². The van der Waals surface area contributed by atoms with Gasteiger partial charge in [0, 0.05) is 24.4 Å². The lowest BCUT2D eigenvalue weighted by Gasteiger charge is -2.24. The minimum Gasteiger partial charge on any atom is -0.342 e. The van der Waals surface area contributed by atoms with Crippen LogP contribution in [0, 0.1) is 0 Å². The Hall–Kier alpha value is -0.870. The van der Waals surface area contributed by atoms with Gasteiger partial charge in [-0.1, -0.05) is 6.07 Å². The number of likely N-dealkylation sites (N-methyl/N-ethyl adjacent to an activating group) is 2. The number of hydrogen-bond acceptors (Lipinski definition) is 3. The van der Waals surface area contributed by atoms with E-state index in [1.165, 1.54) is 4.88 Å². The first-order valence-electron chi connectivity index (χ1n) is 5.07. The monoisotopic (exact) mass is 226 g/mol. The molecule has 0 aromatic carbocycles. The Morgan fingerprint density at radius 3 is 2.93 bits per heavy atom. The van der Waals surface area contributed by atoms with Crippen molar-refractivity contribution < 1.29 is 4.79 Å². The Bertz CT molecular complexity index is 298. The van der Waals surface area contributed by atoms with E-state index in [9.17, 15) is 4.79 Å². The molecule has 1 unspecified atom stereocenters. The fourth-order valence-electron chi connectivity index (χ4n) is 1.38. The Balaban J connectivity index is 2.46. The molecule has 0 aliphatic heterocycles. The van der Waals surface area contributed by atoms with Gasteiger partial charge in [-0.25, -0.2) is 0 Å². The molecule has 0 fully saturated rings. The van der Waals surface area contributed by atoms with Gasteiger partial charge in [0.25, 0.3) is 0 Å². The summed E-state index contributed by atoms with van der Waals surface area (Å²) < 4.78 is 0. The zero-order valence-corrected chi connectivity index (χ0v) is 10.3. The normalized spacial score (nSPS) is 12.5. The minimum atomic E-state index is 0.140. The maximum Gasteiger partial charge on any atom is 0.236 e. The highest BCUT2D eigenvalue weighted by Gasteiger charge is 2.15. The van der Waals surface area contributed by atoms with Crippen molar-refractivity contribution in [3.8, 4) is 0 Å². The molecule has 0 saturated carbocycles. The predicted octanol–water partition coefficient (Wildman–Crippen LogP) is 1.36. The van der Waals surface area contributed by atoms with Crippen LogP contribution in [0.4, 0.5) is 0 Å². The zero-order chi connectivity index (χ0) is 11.3. The summed E-state index contributed by atoms with van der Waals surface area (Å²) >= 11 is 1.74. The van der Waals surface area contributed by atoms with Crippen LogP contribution in [0.3, 0.4) is 0 Å². The van der Waals surface area contributed by atoms with Crippen molar-refractivity contribution in [2.75, 3.05) is 20.6 Å². The topological polar surface area (TPSA) is 32.3 Å². The Labute approximate surface area is 95.1 Å². The van der Waals surface area contributed by atoms with E-state index in [0.29, 0.717) is 6.54 Å². The molecule has 0 aliphatic rings. The second-order valence-electron chi connectivity index (χ2n) is 3.67. The van der Waals surface area contributed by atoms with Crippen molar-refractivity contribution in [3.63, 3.8) is 0 Å². The summed E-state index contributed by atoms with van der Waals surface area (Å²) in [5, 5.41) is 4.94. The van der Waals surface area contributed by atoms with E-state index in [1.807, 2.05) is 13.1 Å². The van der Waals surface area contributed by atoms with E-state index in [-0.39, 0.29) is 11.9 Å². The standard InChI is InChI=1S/C11H18N2OS/c1-9(7-10-5-4-6-15-10)13(3)11(14)8-12-2/h4-6,9,12H,7-8H2,1-3H3. The summed E-state index contributed by atoms with van der Waals surface area (Å²) in [6.07, 6.45) is 0.934. The fraction of sp³-hybridized carbons (Fsp3) is 0.545. The summed E-state index contributed by atoms with van der Waals surface area (Å²) in [7, 11) is 3.65. The Morgan fingerprint density at radius 2 is 2.40 bits per heavy atom. The van der Waals surface area contributed by atoms with E-state index < -0.39 is 0 Å². The van der Waals surface area contributed by atoms with E-state index in [2.05, 4.69) is 23.7 Å². The number of nitrogens with zero attached hydrogens (tertiary/aromatic N) is 1. The summed E-state index contributed by atoms with van der Waals surface area (Å²) in [6.45, 7) is 2.48. The van der Waals surface area contributed by atoms with Gasteiger partial charge in [0.15, 0.2) is 0 Å². The van der Waals surface area contributed by atoms with Gasteiger partial charge in [-0.2, -0.15) is 0 Å². The van der Waals surface area contributed by atoms with Crippen molar-refractivity contribution >= 4 is 17.2 Å². The molecule has 84 valence electrons. The number of hydrogen-bond donors (Lipinski definition) is 1. The number of nitrogens with one attached hydrogen (secondary N) is 1. The van der Waals surface area contributed by atoms with Crippen molar-refractivity contribution in [3.05, 3.63) is 22.4 Å². The highest BCUT2D eigenvalue weighted by atomic mass is 32.1. The van der Waals surface area contributed by atoms with Crippen LogP contribution < -0.4 is 5.32 Å². The van der Waals surface area contributed by atoms with Gasteiger partial charge in [-0.15, -0.1) is 11.3 Å². The maximum absolute atomic E-state index is 11.6. The molecule has 1 heterocycles. The van der Waals surface area contributed by atoms with Gasteiger partial charge < -0.3 is 10.2 Å². The molecule has 0 spiro atoms. The van der Waals surface area contributed by atoms with E-state index in [4.69, 9.17) is 0 Å². The van der Waals surface area contributed by atoms with Gasteiger partial charge in [0.1, 0.15) is 0 Å². The van der Waals surface area contributed by atoms with Crippen LogP contribution in [-0.4, -0.2) is 37.5 Å². The molecular formula is C11H18N2OS. The zero-order valence-electron chi connectivity index (χ0n) is 9.49. The molecule has 4 heteroatoms. The van der Waals surface area contributed by atoms with Gasteiger partial charge >= 0.3 is 0 Å². The molecule has 0 bridgehead atoms. The lowest BCUT2D eigenvalue weighted by atomic mass is 10.2. The first kappa shape index (κ1) is 12.2. The number of rotatable bonds is 5. The van der Waals surface area contributed by atoms with E-state index in [1.54, 1.807) is 23.3 Å². The molecule has 1 atom stereocenters. The molecule has 15 heavy (non-hydrogen) atoms. The summed E-state index contributed by atoms with van der Waals surface area (Å²) in [5.41, 5.74) is 0. The van der Waals surface area contributed by atoms with Crippen LogP contribution in [0.2, 0.25) is 0 Å². The van der Waals surface area contributed by atoms with Crippen molar-refractivity contribution in [2.24, 2.45) is 0 Å². The molecule has 1 rings (SSSR count). The van der Waals surface area contributed by atoms with E-state index >= 15 is 0 Å². The summed E-state index contributed by atoms with van der Waals surface area (Å²) in [5.74, 6) is 0.140. The van der Waals surface area contributed by atoms with Crippen molar-refractivity contribution in [1.29, 1.82) is 0 Å². The van der Waals surface area contributed by atoms with Crippen LogP contribution in [0.25, 0.3) is 0 Å². The predicted molar refractivity (Wildman–Crippen MR) is 64.2 cm³/mol. The fourth-order valence-corrected chi connectivity index (χ4v) is 2.21. The molecule has 1 aromatic rings. The van der Waals surface area contributed by atoms with Crippen molar-refractivity contribution in [1.82, 2.24) is 10.2 Å². The third-order valence-corrected chi connectivity index (χ3v) is 3.36. The molecule has 1 amide bonds. The molecule has 1 aromatic heterocycles. The van der Waals surface area contributed by atoms with Gasteiger partial charge in [0.05, 0.1) is 6.54 Å². The average Bonchev–Trinajstić information content (AvgIpc) is 2.69. The molecule has 1 N–H and O–H groups in total. The van der Waals surface area contributed by atoms with Gasteiger partial charge in [-0.3, -0.25) is 4.79 Å². The smallest absolute Gasteiger partial charge is 0.236 e.